The van der Waals surface area contributed by atoms with Gasteiger partial charge >= 0.3 is 0 Å². The fraction of sp³-hybridized carbons (Fsp3) is 0.333. The summed E-state index contributed by atoms with van der Waals surface area (Å²) in [5, 5.41) is 0.498. The number of para-hydroxylation sites is 1. The first kappa shape index (κ1) is 19.2. The highest BCUT2D eigenvalue weighted by molar-refractivity contribution is 5.99. The van der Waals surface area contributed by atoms with Gasteiger partial charge in [-0.1, -0.05) is 44.0 Å². The molecule has 0 aliphatic carbocycles. The summed E-state index contributed by atoms with van der Waals surface area (Å²) in [4.78, 5) is 27.8. The van der Waals surface area contributed by atoms with Gasteiger partial charge in [-0.2, -0.15) is 0 Å². The SMILES string of the molecule is CCCCCOc1ccc(C2c3c(oc4ccccc4c3=O)C(=O)N2CC)cc1. The third-order valence-corrected chi connectivity index (χ3v) is 5.43. The van der Waals surface area contributed by atoms with Crippen molar-refractivity contribution in [3.05, 3.63) is 75.6 Å². The van der Waals surface area contributed by atoms with Crippen LogP contribution in [0.25, 0.3) is 11.0 Å². The number of nitrogens with zero attached hydrogens (tertiary/aromatic N) is 1. The molecule has 1 amide bonds. The molecule has 0 bridgehead atoms. The van der Waals surface area contributed by atoms with Crippen molar-refractivity contribution in [1.82, 2.24) is 4.90 Å². The highest BCUT2D eigenvalue weighted by atomic mass is 16.5. The molecule has 0 saturated carbocycles. The Labute approximate surface area is 169 Å². The lowest BCUT2D eigenvalue weighted by Crippen LogP contribution is -2.29. The molecule has 1 atom stereocenters. The molecule has 0 fully saturated rings. The Hall–Kier alpha value is -3.08. The summed E-state index contributed by atoms with van der Waals surface area (Å²) in [6.45, 7) is 5.24. The smallest absolute Gasteiger partial charge is 0.290 e. The van der Waals surface area contributed by atoms with E-state index in [4.69, 9.17) is 9.15 Å². The molecule has 4 rings (SSSR count). The van der Waals surface area contributed by atoms with Crippen molar-refractivity contribution >= 4 is 16.9 Å². The fourth-order valence-electron chi connectivity index (χ4n) is 3.93. The van der Waals surface area contributed by atoms with E-state index in [0.717, 1.165) is 30.6 Å². The van der Waals surface area contributed by atoms with Crippen LogP contribution in [-0.4, -0.2) is 24.0 Å². The van der Waals surface area contributed by atoms with Gasteiger partial charge in [-0.05, 0) is 43.2 Å². The minimum absolute atomic E-state index is 0.143. The molecule has 1 unspecified atom stereocenters. The quantitative estimate of drug-likeness (QED) is 0.536. The van der Waals surface area contributed by atoms with E-state index in [1.54, 1.807) is 29.2 Å². The number of ether oxygens (including phenoxy) is 1. The van der Waals surface area contributed by atoms with E-state index in [9.17, 15) is 9.59 Å². The minimum Gasteiger partial charge on any atom is -0.494 e. The molecule has 2 heterocycles. The Bertz CT molecular complexity index is 1080. The molecule has 3 aromatic rings. The van der Waals surface area contributed by atoms with Crippen molar-refractivity contribution in [3.63, 3.8) is 0 Å². The maximum Gasteiger partial charge on any atom is 0.290 e. The van der Waals surface area contributed by atoms with Crippen LogP contribution in [0.1, 0.15) is 60.8 Å². The zero-order valence-electron chi connectivity index (χ0n) is 16.8. The van der Waals surface area contributed by atoms with Gasteiger partial charge in [0.25, 0.3) is 5.91 Å². The van der Waals surface area contributed by atoms with Gasteiger partial charge in [-0.3, -0.25) is 9.59 Å². The van der Waals surface area contributed by atoms with Gasteiger partial charge in [0.2, 0.25) is 5.76 Å². The molecule has 0 radical (unpaired) electrons. The molecule has 150 valence electrons. The summed E-state index contributed by atoms with van der Waals surface area (Å²) >= 11 is 0. The van der Waals surface area contributed by atoms with Crippen LogP contribution in [0, 0.1) is 0 Å². The molecule has 0 N–H and O–H groups in total. The second-order valence-electron chi connectivity index (χ2n) is 7.29. The number of carbonyl (C=O) groups is 1. The average molecular weight is 391 g/mol. The van der Waals surface area contributed by atoms with Gasteiger partial charge in [-0.25, -0.2) is 0 Å². The third-order valence-electron chi connectivity index (χ3n) is 5.43. The number of hydrogen-bond acceptors (Lipinski definition) is 4. The normalized spacial score (nSPS) is 15.7. The first-order valence-electron chi connectivity index (χ1n) is 10.2. The largest absolute Gasteiger partial charge is 0.494 e. The number of amides is 1. The van der Waals surface area contributed by atoms with Crippen LogP contribution in [0.4, 0.5) is 0 Å². The Balaban J connectivity index is 1.72. The zero-order valence-corrected chi connectivity index (χ0v) is 16.8. The highest BCUT2D eigenvalue weighted by Crippen LogP contribution is 2.38. The van der Waals surface area contributed by atoms with E-state index in [0.29, 0.717) is 29.7 Å². The molecule has 2 aromatic carbocycles. The van der Waals surface area contributed by atoms with Crippen molar-refractivity contribution in [1.29, 1.82) is 0 Å². The van der Waals surface area contributed by atoms with Crippen molar-refractivity contribution in [2.24, 2.45) is 0 Å². The lowest BCUT2D eigenvalue weighted by molar-refractivity contribution is 0.0738. The predicted molar refractivity (Wildman–Crippen MR) is 112 cm³/mol. The summed E-state index contributed by atoms with van der Waals surface area (Å²) in [7, 11) is 0. The van der Waals surface area contributed by atoms with E-state index >= 15 is 0 Å². The highest BCUT2D eigenvalue weighted by Gasteiger charge is 2.41. The number of unbranched alkanes of at least 4 members (excludes halogenated alkanes) is 2. The van der Waals surface area contributed by atoms with E-state index in [1.807, 2.05) is 31.2 Å². The van der Waals surface area contributed by atoms with E-state index in [2.05, 4.69) is 6.92 Å². The van der Waals surface area contributed by atoms with Crippen LogP contribution in [-0.2, 0) is 0 Å². The first-order chi connectivity index (χ1) is 14.2. The first-order valence-corrected chi connectivity index (χ1v) is 10.2. The molecule has 1 aliphatic rings. The van der Waals surface area contributed by atoms with Crippen LogP contribution < -0.4 is 10.2 Å². The molecule has 5 nitrogen and oxygen atoms in total. The standard InChI is InChI=1S/C24H25NO4/c1-3-5-8-15-28-17-13-11-16(12-14-17)21-20-22(26)18-9-6-7-10-19(18)29-23(20)24(27)25(21)4-2/h6-7,9-14,21H,3-5,8,15H2,1-2H3. The van der Waals surface area contributed by atoms with Crippen LogP contribution in [0.5, 0.6) is 5.75 Å². The molecular weight excluding hydrogens is 366 g/mol. The van der Waals surface area contributed by atoms with Gasteiger partial charge in [0.15, 0.2) is 5.43 Å². The fourth-order valence-corrected chi connectivity index (χ4v) is 3.93. The Kier molecular flexibility index (Phi) is 5.38. The topological polar surface area (TPSA) is 59.8 Å². The maximum atomic E-state index is 13.2. The molecule has 0 spiro atoms. The van der Waals surface area contributed by atoms with E-state index in [1.165, 1.54) is 0 Å². The van der Waals surface area contributed by atoms with Crippen molar-refractivity contribution in [2.45, 2.75) is 39.2 Å². The van der Waals surface area contributed by atoms with E-state index < -0.39 is 6.04 Å². The maximum absolute atomic E-state index is 13.2. The second kappa shape index (κ2) is 8.11. The zero-order chi connectivity index (χ0) is 20.4. The third kappa shape index (κ3) is 3.41. The molecule has 0 saturated heterocycles. The number of hydrogen-bond donors (Lipinski definition) is 0. The Morgan fingerprint density at radius 3 is 2.48 bits per heavy atom. The van der Waals surface area contributed by atoms with Crippen LogP contribution >= 0.6 is 0 Å². The van der Waals surface area contributed by atoms with Crippen molar-refractivity contribution in [3.8, 4) is 5.75 Å². The molecule has 5 heteroatoms. The summed E-state index contributed by atoms with van der Waals surface area (Å²) in [6.07, 6.45) is 3.33. The van der Waals surface area contributed by atoms with Gasteiger partial charge in [-0.15, -0.1) is 0 Å². The number of fused-ring (bicyclic) bond motifs is 2. The van der Waals surface area contributed by atoms with Gasteiger partial charge in [0.1, 0.15) is 11.3 Å². The molecule has 1 aromatic heterocycles. The number of rotatable bonds is 7. The summed E-state index contributed by atoms with van der Waals surface area (Å²) in [5.74, 6) is 0.707. The summed E-state index contributed by atoms with van der Waals surface area (Å²) < 4.78 is 11.7. The molecule has 29 heavy (non-hydrogen) atoms. The van der Waals surface area contributed by atoms with Crippen LogP contribution in [0.15, 0.2) is 57.7 Å². The summed E-state index contributed by atoms with van der Waals surface area (Å²) in [5.41, 5.74) is 1.60. The Morgan fingerprint density at radius 2 is 1.76 bits per heavy atom. The summed E-state index contributed by atoms with van der Waals surface area (Å²) in [6, 6.07) is 14.3. The van der Waals surface area contributed by atoms with Gasteiger partial charge in [0.05, 0.1) is 23.6 Å². The molecule has 1 aliphatic heterocycles. The number of benzene rings is 2. The number of carbonyl (C=O) groups excluding carboxylic acids is 1. The Morgan fingerprint density at radius 1 is 1.00 bits per heavy atom. The monoisotopic (exact) mass is 391 g/mol. The van der Waals surface area contributed by atoms with Gasteiger partial charge in [0, 0.05) is 6.54 Å². The van der Waals surface area contributed by atoms with Crippen molar-refractivity contribution in [2.75, 3.05) is 13.2 Å². The second-order valence-corrected chi connectivity index (χ2v) is 7.29. The lowest BCUT2D eigenvalue weighted by atomic mass is 9.98. The minimum atomic E-state index is -0.447. The molecular formula is C24H25NO4. The van der Waals surface area contributed by atoms with E-state index in [-0.39, 0.29) is 17.1 Å². The van der Waals surface area contributed by atoms with Crippen LogP contribution in [0.2, 0.25) is 0 Å². The average Bonchev–Trinajstić information content (AvgIpc) is 3.04. The van der Waals surface area contributed by atoms with Crippen LogP contribution in [0.3, 0.4) is 0 Å². The lowest BCUT2D eigenvalue weighted by Gasteiger charge is -2.23. The van der Waals surface area contributed by atoms with Crippen molar-refractivity contribution < 1.29 is 13.9 Å². The van der Waals surface area contributed by atoms with Gasteiger partial charge < -0.3 is 14.1 Å². The predicted octanol–water partition coefficient (Wildman–Crippen LogP) is 4.93.